The second-order valence-electron chi connectivity index (χ2n) is 12.4. The maximum Gasteiger partial charge on any atom is 0.0433 e. The summed E-state index contributed by atoms with van der Waals surface area (Å²) in [7, 11) is 0. The fourth-order valence-corrected chi connectivity index (χ4v) is 9.01. The van der Waals surface area contributed by atoms with Crippen molar-refractivity contribution in [3.63, 3.8) is 0 Å². The van der Waals surface area contributed by atoms with Gasteiger partial charge in [0.25, 0.3) is 0 Å². The lowest BCUT2D eigenvalue weighted by molar-refractivity contribution is 1.56. The van der Waals surface area contributed by atoms with Crippen molar-refractivity contribution in [2.24, 2.45) is 0 Å². The molecule has 0 aliphatic heterocycles. The summed E-state index contributed by atoms with van der Waals surface area (Å²) < 4.78 is 2.68. The van der Waals surface area contributed by atoms with Crippen LogP contribution >= 0.6 is 11.3 Å². The molecular weight excluding hydrogens is 585 g/mol. The van der Waals surface area contributed by atoms with E-state index in [4.69, 9.17) is 0 Å². The Morgan fingerprint density at radius 2 is 0.851 bits per heavy atom. The number of benzene rings is 8. The fraction of sp³-hybridized carbons (Fsp3) is 0. The van der Waals surface area contributed by atoms with Crippen LogP contribution in [0.4, 0.5) is 0 Å². The molecule has 0 atom stereocenters. The van der Waals surface area contributed by atoms with Gasteiger partial charge in [-0.3, -0.25) is 0 Å². The number of thiophene rings is 1. The normalized spacial score (nSPS) is 11.8. The summed E-state index contributed by atoms with van der Waals surface area (Å²) in [5.74, 6) is 0. The van der Waals surface area contributed by atoms with Crippen LogP contribution in [0.2, 0.25) is 0 Å². The van der Waals surface area contributed by atoms with E-state index in [1.807, 2.05) is 11.3 Å². The smallest absolute Gasteiger partial charge is 0.0433 e. The molecular formula is C46H28S. The maximum atomic E-state index is 2.45. The van der Waals surface area contributed by atoms with Crippen molar-refractivity contribution >= 4 is 42.3 Å². The first-order chi connectivity index (χ1) is 23.3. The Morgan fingerprint density at radius 3 is 1.60 bits per heavy atom. The first-order valence-corrected chi connectivity index (χ1v) is 17.0. The van der Waals surface area contributed by atoms with Crippen molar-refractivity contribution in [3.8, 4) is 66.8 Å². The molecule has 47 heavy (non-hydrogen) atoms. The number of rotatable bonds is 4. The second kappa shape index (κ2) is 10.4. The lowest BCUT2D eigenvalue weighted by Crippen LogP contribution is -1.94. The van der Waals surface area contributed by atoms with E-state index >= 15 is 0 Å². The van der Waals surface area contributed by atoms with Gasteiger partial charge in [0.2, 0.25) is 0 Å². The third-order valence-electron chi connectivity index (χ3n) is 9.83. The van der Waals surface area contributed by atoms with Gasteiger partial charge in [-0.15, -0.1) is 11.3 Å². The molecule has 1 heterocycles. The second-order valence-corrected chi connectivity index (χ2v) is 13.4. The van der Waals surface area contributed by atoms with Gasteiger partial charge in [-0.05, 0) is 89.7 Å². The zero-order valence-electron chi connectivity index (χ0n) is 25.6. The summed E-state index contributed by atoms with van der Waals surface area (Å²) in [4.78, 5) is 0. The van der Waals surface area contributed by atoms with Gasteiger partial charge in [0.15, 0.2) is 0 Å². The molecule has 10 rings (SSSR count). The van der Waals surface area contributed by atoms with E-state index in [0.29, 0.717) is 0 Å². The van der Waals surface area contributed by atoms with Crippen molar-refractivity contribution < 1.29 is 0 Å². The molecule has 0 nitrogen and oxygen atoms in total. The van der Waals surface area contributed by atoms with E-state index in [0.717, 1.165) is 0 Å². The minimum atomic E-state index is 1.22. The summed E-state index contributed by atoms with van der Waals surface area (Å²) in [5.41, 5.74) is 15.4. The monoisotopic (exact) mass is 612 g/mol. The highest BCUT2D eigenvalue weighted by Crippen LogP contribution is 2.57. The molecule has 0 saturated carbocycles. The molecule has 9 aromatic rings. The zero-order valence-corrected chi connectivity index (χ0v) is 26.4. The van der Waals surface area contributed by atoms with Gasteiger partial charge >= 0.3 is 0 Å². The molecule has 1 aliphatic carbocycles. The van der Waals surface area contributed by atoms with Gasteiger partial charge in [0.05, 0.1) is 0 Å². The molecule has 1 aliphatic rings. The summed E-state index contributed by atoms with van der Waals surface area (Å²) in [6.45, 7) is 0. The molecule has 218 valence electrons. The predicted octanol–water partition coefficient (Wildman–Crippen LogP) is 13.5. The van der Waals surface area contributed by atoms with Gasteiger partial charge < -0.3 is 0 Å². The minimum absolute atomic E-state index is 1.22. The van der Waals surface area contributed by atoms with Gasteiger partial charge in [0, 0.05) is 20.2 Å². The van der Waals surface area contributed by atoms with Crippen LogP contribution in [-0.2, 0) is 0 Å². The van der Waals surface area contributed by atoms with Crippen molar-refractivity contribution in [3.05, 3.63) is 170 Å². The van der Waals surface area contributed by atoms with Crippen molar-refractivity contribution in [1.82, 2.24) is 0 Å². The summed E-state index contributed by atoms with van der Waals surface area (Å²) in [6.07, 6.45) is 0. The van der Waals surface area contributed by atoms with Gasteiger partial charge in [-0.25, -0.2) is 0 Å². The first kappa shape index (κ1) is 26.5. The van der Waals surface area contributed by atoms with Crippen molar-refractivity contribution in [2.75, 3.05) is 0 Å². The highest BCUT2D eigenvalue weighted by molar-refractivity contribution is 7.26. The molecule has 0 radical (unpaired) electrons. The molecule has 0 spiro atoms. The Bertz CT molecular complexity index is 2640. The number of fused-ring (bicyclic) bond motifs is 6. The molecule has 0 bridgehead atoms. The zero-order chi connectivity index (χ0) is 30.9. The fourth-order valence-electron chi connectivity index (χ4n) is 7.77. The third kappa shape index (κ3) is 4.00. The van der Waals surface area contributed by atoms with Crippen LogP contribution in [0.15, 0.2) is 170 Å². The van der Waals surface area contributed by atoms with Crippen LogP contribution in [0.1, 0.15) is 0 Å². The molecule has 0 fully saturated rings. The first-order valence-electron chi connectivity index (χ1n) is 16.2. The van der Waals surface area contributed by atoms with E-state index in [-0.39, 0.29) is 0 Å². The topological polar surface area (TPSA) is 0 Å². The van der Waals surface area contributed by atoms with Crippen LogP contribution in [0.3, 0.4) is 0 Å². The molecule has 0 N–H and O–H groups in total. The van der Waals surface area contributed by atoms with E-state index in [2.05, 4.69) is 170 Å². The highest BCUT2D eigenvalue weighted by atomic mass is 32.1. The molecule has 0 amide bonds. The van der Waals surface area contributed by atoms with E-state index in [9.17, 15) is 0 Å². The molecule has 1 aromatic heterocycles. The SMILES string of the molecule is c1ccc(-c2cc(-c3ccc(-c4cccc5c4sc4ccccc45)cc3)c(-c3ccccc3)c3c2-c2cccc4cccc-3c24)cc1. The van der Waals surface area contributed by atoms with Crippen LogP contribution < -0.4 is 0 Å². The quantitative estimate of drug-likeness (QED) is 0.185. The van der Waals surface area contributed by atoms with Gasteiger partial charge in [0.1, 0.15) is 0 Å². The average molecular weight is 613 g/mol. The summed E-state index contributed by atoms with van der Waals surface area (Å²) in [5, 5.41) is 5.30. The van der Waals surface area contributed by atoms with Crippen LogP contribution in [0, 0.1) is 0 Å². The summed E-state index contributed by atoms with van der Waals surface area (Å²) >= 11 is 1.89. The lowest BCUT2D eigenvalue weighted by atomic mass is 9.82. The van der Waals surface area contributed by atoms with Crippen LogP contribution in [-0.4, -0.2) is 0 Å². The largest absolute Gasteiger partial charge is 0.135 e. The van der Waals surface area contributed by atoms with Crippen molar-refractivity contribution in [2.45, 2.75) is 0 Å². The molecule has 1 heteroatoms. The maximum absolute atomic E-state index is 2.45. The Kier molecular flexibility index (Phi) is 5.85. The van der Waals surface area contributed by atoms with Crippen molar-refractivity contribution in [1.29, 1.82) is 0 Å². The minimum Gasteiger partial charge on any atom is -0.135 e. The van der Waals surface area contributed by atoms with E-state index in [1.165, 1.54) is 97.7 Å². The van der Waals surface area contributed by atoms with E-state index < -0.39 is 0 Å². The van der Waals surface area contributed by atoms with Gasteiger partial charge in [-0.2, -0.15) is 0 Å². The Balaban J connectivity index is 1.24. The standard InChI is InChI=1S/C46H28S/c1-3-12-29(13-4-1)40-28-39(31-26-24-30(25-27-31)34-19-11-20-36-35-18-7-8-23-41(35)47-46(34)36)43(33-14-5-2-6-15-33)45-38-22-10-17-32-16-9-21-37(42(32)38)44(40)45/h1-28H. The predicted molar refractivity (Wildman–Crippen MR) is 203 cm³/mol. The molecule has 0 unspecified atom stereocenters. The Hall–Kier alpha value is -5.76. The van der Waals surface area contributed by atoms with Crippen LogP contribution in [0.25, 0.3) is 97.7 Å². The number of hydrogen-bond acceptors (Lipinski definition) is 1. The third-order valence-corrected chi connectivity index (χ3v) is 11.0. The highest BCUT2D eigenvalue weighted by Gasteiger charge is 2.30. The van der Waals surface area contributed by atoms with E-state index in [1.54, 1.807) is 0 Å². The average Bonchev–Trinajstić information content (AvgIpc) is 3.69. The number of hydrogen-bond donors (Lipinski definition) is 0. The van der Waals surface area contributed by atoms with Gasteiger partial charge in [-0.1, -0.05) is 158 Å². The van der Waals surface area contributed by atoms with Crippen LogP contribution in [0.5, 0.6) is 0 Å². The Morgan fingerprint density at radius 1 is 0.319 bits per heavy atom. The lowest BCUT2D eigenvalue weighted by Gasteiger charge is -2.21. The Labute approximate surface area is 277 Å². The summed E-state index contributed by atoms with van der Waals surface area (Å²) in [6, 6.07) is 62.6. The molecule has 0 saturated heterocycles. The molecule has 8 aromatic carbocycles.